The van der Waals surface area contributed by atoms with E-state index in [0.29, 0.717) is 48.7 Å². The van der Waals surface area contributed by atoms with E-state index in [9.17, 15) is 28.3 Å². The van der Waals surface area contributed by atoms with E-state index >= 15 is 0 Å². The fourth-order valence-corrected chi connectivity index (χ4v) is 6.68. The molecule has 1 amide bonds. The van der Waals surface area contributed by atoms with E-state index < -0.39 is 23.9 Å². The molecule has 0 bridgehead atoms. The summed E-state index contributed by atoms with van der Waals surface area (Å²) < 4.78 is 48.4. The Kier molecular flexibility index (Phi) is 8.11. The number of benzene rings is 2. The molecule has 3 aromatic rings. The third kappa shape index (κ3) is 5.78. The minimum atomic E-state index is -4.51. The maximum atomic E-state index is 14.1. The molecule has 2 aromatic carbocycles. The molecule has 3 aliphatic rings. The second-order valence-electron chi connectivity index (χ2n) is 11.6. The molecule has 0 radical (unpaired) electrons. The zero-order chi connectivity index (χ0) is 31.0. The summed E-state index contributed by atoms with van der Waals surface area (Å²) in [5, 5.41) is 19.7. The summed E-state index contributed by atoms with van der Waals surface area (Å²) in [6, 6.07) is 11.4. The van der Waals surface area contributed by atoms with Gasteiger partial charge in [0.1, 0.15) is 12.4 Å². The van der Waals surface area contributed by atoms with Crippen molar-refractivity contribution in [3.8, 4) is 12.1 Å². The summed E-state index contributed by atoms with van der Waals surface area (Å²) in [6.07, 6.45) is -2.98. The van der Waals surface area contributed by atoms with Gasteiger partial charge in [0, 0.05) is 48.9 Å². The standard InChI is InChI=1S/C31H34F3N7O3/c1-38-13-4-7-22(38)19-44-29-36-25-18-39(26-9-3-6-20-5-2-8-24(27(20)26)31(32,33)34)14-11-23(25)28(37-29)40-15-16-41(30(42)43)21(17-40)10-12-35/h2-3,5-6,8-9,21-22H,4,7,10-11,13-19H2,1H3,(H,42,43)/t21-,22-/m0/s1. The van der Waals surface area contributed by atoms with Crippen LogP contribution in [0.4, 0.5) is 29.5 Å². The number of hydrogen-bond acceptors (Lipinski definition) is 8. The topological polar surface area (TPSA) is 109 Å². The lowest BCUT2D eigenvalue weighted by molar-refractivity contribution is -0.136. The number of fused-ring (bicyclic) bond motifs is 2. The smallest absolute Gasteiger partial charge is 0.417 e. The number of likely N-dealkylation sites (tertiary alicyclic amines) is 1. The summed E-state index contributed by atoms with van der Waals surface area (Å²) in [6.45, 7) is 2.97. The molecule has 44 heavy (non-hydrogen) atoms. The third-order valence-corrected chi connectivity index (χ3v) is 8.98. The number of piperazine rings is 1. The quantitative estimate of drug-likeness (QED) is 0.423. The average Bonchev–Trinajstić information content (AvgIpc) is 3.42. The van der Waals surface area contributed by atoms with Crippen LogP contribution in [0.1, 0.15) is 36.1 Å². The van der Waals surface area contributed by atoms with Gasteiger partial charge in [-0.3, -0.25) is 0 Å². The van der Waals surface area contributed by atoms with Crippen molar-refractivity contribution in [2.24, 2.45) is 0 Å². The Morgan fingerprint density at radius 1 is 1.09 bits per heavy atom. The van der Waals surface area contributed by atoms with Gasteiger partial charge in [-0.1, -0.05) is 24.3 Å². The first-order valence-electron chi connectivity index (χ1n) is 14.8. The molecule has 0 unspecified atom stereocenters. The van der Waals surface area contributed by atoms with Crippen LogP contribution in [-0.2, 0) is 19.1 Å². The van der Waals surface area contributed by atoms with Crippen LogP contribution < -0.4 is 14.5 Å². The Labute approximate surface area is 253 Å². The highest BCUT2D eigenvalue weighted by Gasteiger charge is 2.36. The number of carbonyl (C=O) groups is 1. The van der Waals surface area contributed by atoms with Gasteiger partial charge in [-0.2, -0.15) is 28.4 Å². The van der Waals surface area contributed by atoms with Crippen LogP contribution >= 0.6 is 0 Å². The molecule has 10 nitrogen and oxygen atoms in total. The third-order valence-electron chi connectivity index (χ3n) is 8.98. The van der Waals surface area contributed by atoms with E-state index in [1.165, 1.54) is 11.0 Å². The number of carboxylic acid groups (broad SMARTS) is 1. The molecular weight excluding hydrogens is 575 g/mol. The van der Waals surface area contributed by atoms with Gasteiger partial charge in [0.05, 0.1) is 36.3 Å². The highest BCUT2D eigenvalue weighted by atomic mass is 19.4. The van der Waals surface area contributed by atoms with Crippen molar-refractivity contribution in [1.82, 2.24) is 19.8 Å². The SMILES string of the molecule is CN1CCC[C@H]1COc1nc2c(c(N3CCN(C(=O)O)[C@@H](CC#N)C3)n1)CCN(c1cccc3cccc(C(F)(F)F)c13)C2. The lowest BCUT2D eigenvalue weighted by Gasteiger charge is -2.41. The average molecular weight is 610 g/mol. The molecule has 13 heteroatoms. The van der Waals surface area contributed by atoms with Crippen LogP contribution in [0.3, 0.4) is 0 Å². The predicted molar refractivity (Wildman–Crippen MR) is 158 cm³/mol. The zero-order valence-electron chi connectivity index (χ0n) is 24.4. The summed E-state index contributed by atoms with van der Waals surface area (Å²) >= 11 is 0. The normalized spacial score (nSPS) is 20.9. The molecule has 6 rings (SSSR count). The summed E-state index contributed by atoms with van der Waals surface area (Å²) in [5.41, 5.74) is 1.34. The molecule has 0 aliphatic carbocycles. The number of nitriles is 1. The number of aromatic nitrogens is 2. The maximum absolute atomic E-state index is 14.1. The summed E-state index contributed by atoms with van der Waals surface area (Å²) in [7, 11) is 2.05. The Bertz CT molecular complexity index is 1590. The summed E-state index contributed by atoms with van der Waals surface area (Å²) in [4.78, 5) is 28.9. The molecule has 2 saturated heterocycles. The molecule has 232 valence electrons. The van der Waals surface area contributed by atoms with Gasteiger partial charge < -0.3 is 29.4 Å². The van der Waals surface area contributed by atoms with E-state index in [-0.39, 0.29) is 43.5 Å². The van der Waals surface area contributed by atoms with Gasteiger partial charge >= 0.3 is 18.3 Å². The second-order valence-corrected chi connectivity index (χ2v) is 11.6. The Hall–Kier alpha value is -4.31. The van der Waals surface area contributed by atoms with E-state index in [2.05, 4.69) is 18.0 Å². The van der Waals surface area contributed by atoms with Crippen LogP contribution in [0, 0.1) is 11.3 Å². The minimum Gasteiger partial charge on any atom is -0.465 e. The van der Waals surface area contributed by atoms with Crippen molar-refractivity contribution in [2.75, 3.05) is 56.2 Å². The van der Waals surface area contributed by atoms with E-state index in [1.54, 1.807) is 24.3 Å². The monoisotopic (exact) mass is 609 g/mol. The number of likely N-dealkylation sites (N-methyl/N-ethyl adjacent to an activating group) is 1. The van der Waals surface area contributed by atoms with Crippen molar-refractivity contribution in [2.45, 2.75) is 50.5 Å². The highest BCUT2D eigenvalue weighted by molar-refractivity contribution is 5.97. The number of alkyl halides is 3. The number of ether oxygens (including phenoxy) is 1. The van der Waals surface area contributed by atoms with Crippen molar-refractivity contribution in [1.29, 1.82) is 5.26 Å². The molecule has 1 aromatic heterocycles. The van der Waals surface area contributed by atoms with Crippen LogP contribution in [0.2, 0.25) is 0 Å². The lowest BCUT2D eigenvalue weighted by atomic mass is 9.98. The molecular formula is C31H34F3N7O3. The molecule has 3 aliphatic heterocycles. The molecule has 2 fully saturated rings. The minimum absolute atomic E-state index is 0.0455. The van der Waals surface area contributed by atoms with E-state index in [1.807, 2.05) is 9.80 Å². The van der Waals surface area contributed by atoms with Gasteiger partial charge in [0.15, 0.2) is 0 Å². The Balaban J connectivity index is 1.37. The van der Waals surface area contributed by atoms with Gasteiger partial charge in [-0.15, -0.1) is 0 Å². The van der Waals surface area contributed by atoms with Crippen molar-refractivity contribution in [3.63, 3.8) is 0 Å². The van der Waals surface area contributed by atoms with Gasteiger partial charge in [-0.25, -0.2) is 4.79 Å². The zero-order valence-corrected chi connectivity index (χ0v) is 24.4. The fourth-order valence-electron chi connectivity index (χ4n) is 6.68. The summed E-state index contributed by atoms with van der Waals surface area (Å²) in [5.74, 6) is 0.631. The van der Waals surface area contributed by atoms with Crippen molar-refractivity contribution in [3.05, 3.63) is 53.2 Å². The second kappa shape index (κ2) is 12.0. The number of nitrogens with zero attached hydrogens (tertiary/aromatic N) is 7. The van der Waals surface area contributed by atoms with Crippen LogP contribution in [0.15, 0.2) is 36.4 Å². The van der Waals surface area contributed by atoms with Crippen molar-refractivity contribution < 1.29 is 27.8 Å². The number of hydrogen-bond donors (Lipinski definition) is 1. The number of anilines is 2. The van der Waals surface area contributed by atoms with Gasteiger partial charge in [0.25, 0.3) is 0 Å². The van der Waals surface area contributed by atoms with E-state index in [0.717, 1.165) is 31.0 Å². The molecule has 0 spiro atoms. The molecule has 2 atom stereocenters. The lowest BCUT2D eigenvalue weighted by Crippen LogP contribution is -2.55. The highest BCUT2D eigenvalue weighted by Crippen LogP contribution is 2.41. The van der Waals surface area contributed by atoms with Gasteiger partial charge in [-0.05, 0) is 50.4 Å². The first kappa shape index (κ1) is 29.7. The van der Waals surface area contributed by atoms with Gasteiger partial charge in [0.2, 0.25) is 0 Å². The number of rotatable bonds is 6. The van der Waals surface area contributed by atoms with Crippen LogP contribution in [0.25, 0.3) is 10.8 Å². The Morgan fingerprint density at radius 3 is 2.59 bits per heavy atom. The van der Waals surface area contributed by atoms with Crippen LogP contribution in [0.5, 0.6) is 6.01 Å². The maximum Gasteiger partial charge on any atom is 0.417 e. The van der Waals surface area contributed by atoms with Crippen LogP contribution in [-0.4, -0.2) is 89.4 Å². The Morgan fingerprint density at radius 2 is 1.89 bits per heavy atom. The van der Waals surface area contributed by atoms with E-state index in [4.69, 9.17) is 14.7 Å². The number of halogens is 3. The first-order chi connectivity index (χ1) is 21.1. The predicted octanol–water partition coefficient (Wildman–Crippen LogP) is 4.77. The fraction of sp³-hybridized carbons (Fsp3) is 0.484. The molecule has 4 heterocycles. The molecule has 1 N–H and O–H groups in total. The number of amides is 1. The largest absolute Gasteiger partial charge is 0.465 e. The first-order valence-corrected chi connectivity index (χ1v) is 14.8. The van der Waals surface area contributed by atoms with Crippen molar-refractivity contribution >= 4 is 28.4 Å². The molecule has 0 saturated carbocycles.